The number of halogens is 2. The Morgan fingerprint density at radius 3 is 2.38 bits per heavy atom. The number of hydrogen-bond donors (Lipinski definition) is 2. The molecule has 9 heteroatoms. The molecule has 0 atom stereocenters. The fourth-order valence-electron chi connectivity index (χ4n) is 2.24. The van der Waals surface area contributed by atoms with E-state index in [9.17, 15) is 13.2 Å². The fraction of sp³-hybridized carbons (Fsp3) is 0.235. The van der Waals surface area contributed by atoms with Crippen molar-refractivity contribution in [3.05, 3.63) is 56.5 Å². The van der Waals surface area contributed by atoms with Crippen molar-refractivity contribution >= 4 is 53.5 Å². The van der Waals surface area contributed by atoms with Crippen molar-refractivity contribution in [2.75, 3.05) is 11.0 Å². The molecule has 0 fully saturated rings. The molecule has 0 bridgehead atoms. The maximum Gasteiger partial charge on any atom is 0.303 e. The highest BCUT2D eigenvalue weighted by molar-refractivity contribution is 9.11. The quantitative estimate of drug-likeness (QED) is 0.560. The van der Waals surface area contributed by atoms with E-state index in [0.717, 1.165) is 17.4 Å². The number of rotatable bonds is 8. The number of aryl methyl sites for hydroxylation is 1. The van der Waals surface area contributed by atoms with Gasteiger partial charge in [0.25, 0.3) is 0 Å². The fourth-order valence-corrected chi connectivity index (χ4v) is 4.31. The van der Waals surface area contributed by atoms with Gasteiger partial charge in [0.15, 0.2) is 0 Å². The molecule has 2 aromatic carbocycles. The van der Waals surface area contributed by atoms with Gasteiger partial charge in [0.05, 0.1) is 15.2 Å². The van der Waals surface area contributed by atoms with Gasteiger partial charge < -0.3 is 9.84 Å². The summed E-state index contributed by atoms with van der Waals surface area (Å²) in [4.78, 5) is 10.7. The molecule has 0 heterocycles. The minimum Gasteiger partial charge on any atom is -0.487 e. The lowest BCUT2D eigenvalue weighted by Gasteiger charge is -2.13. The van der Waals surface area contributed by atoms with Gasteiger partial charge in [-0.15, -0.1) is 0 Å². The molecule has 0 aromatic heterocycles. The average Bonchev–Trinajstić information content (AvgIpc) is 2.51. The van der Waals surface area contributed by atoms with E-state index in [2.05, 4.69) is 36.6 Å². The lowest BCUT2D eigenvalue weighted by atomic mass is 10.1. The van der Waals surface area contributed by atoms with Crippen LogP contribution in [0.25, 0.3) is 0 Å². The summed E-state index contributed by atoms with van der Waals surface area (Å²) in [6.07, 6.45) is 1.57. The van der Waals surface area contributed by atoms with E-state index in [1.165, 1.54) is 0 Å². The van der Waals surface area contributed by atoms with Crippen LogP contribution in [0, 0.1) is 0 Å². The summed E-state index contributed by atoms with van der Waals surface area (Å²) in [5, 5.41) is 8.78. The number of anilines is 1. The monoisotopic (exact) mass is 505 g/mol. The van der Waals surface area contributed by atoms with Crippen LogP contribution >= 0.6 is 31.9 Å². The Morgan fingerprint density at radius 1 is 1.15 bits per heavy atom. The van der Waals surface area contributed by atoms with Gasteiger partial charge in [-0.25, -0.2) is 8.42 Å². The first-order chi connectivity index (χ1) is 12.1. The molecule has 0 unspecified atom stereocenters. The first kappa shape index (κ1) is 20.7. The molecule has 2 aromatic rings. The zero-order valence-corrected chi connectivity index (χ0v) is 17.8. The largest absolute Gasteiger partial charge is 0.487 e. The van der Waals surface area contributed by atoms with Gasteiger partial charge in [0, 0.05) is 12.1 Å². The summed E-state index contributed by atoms with van der Waals surface area (Å²) >= 11 is 6.88. The number of ether oxygens (including phenoxy) is 1. The van der Waals surface area contributed by atoms with Crippen LogP contribution < -0.4 is 9.46 Å². The Morgan fingerprint density at radius 2 is 1.81 bits per heavy atom. The van der Waals surface area contributed by atoms with Crippen molar-refractivity contribution < 1.29 is 23.1 Å². The Kier molecular flexibility index (Phi) is 7.08. The van der Waals surface area contributed by atoms with Crippen LogP contribution in [0.15, 0.2) is 45.3 Å². The molecule has 2 rings (SSSR count). The minimum atomic E-state index is -3.34. The summed E-state index contributed by atoms with van der Waals surface area (Å²) in [5.41, 5.74) is 2.14. The molecule has 0 aliphatic rings. The van der Waals surface area contributed by atoms with Crippen molar-refractivity contribution in [2.24, 2.45) is 0 Å². The minimum absolute atomic E-state index is 0.0548. The second-order valence-corrected chi connectivity index (χ2v) is 9.10. The molecule has 0 saturated heterocycles. The van der Waals surface area contributed by atoms with Crippen molar-refractivity contribution in [1.82, 2.24) is 0 Å². The van der Waals surface area contributed by atoms with Crippen LogP contribution in [-0.4, -0.2) is 25.7 Å². The predicted molar refractivity (Wildman–Crippen MR) is 107 cm³/mol. The summed E-state index contributed by atoms with van der Waals surface area (Å²) in [7, 11) is -3.34. The van der Waals surface area contributed by atoms with E-state index >= 15 is 0 Å². The van der Waals surface area contributed by atoms with Crippen molar-refractivity contribution in [3.63, 3.8) is 0 Å². The van der Waals surface area contributed by atoms with Crippen LogP contribution in [0.4, 0.5) is 5.69 Å². The molecule has 0 aliphatic carbocycles. The highest BCUT2D eigenvalue weighted by Gasteiger charge is 2.11. The van der Waals surface area contributed by atoms with E-state index in [-0.39, 0.29) is 13.0 Å². The Labute approximate surface area is 168 Å². The van der Waals surface area contributed by atoms with E-state index in [1.807, 2.05) is 18.2 Å². The van der Waals surface area contributed by atoms with Gasteiger partial charge in [-0.05, 0) is 73.7 Å². The molecule has 0 saturated carbocycles. The summed E-state index contributed by atoms with van der Waals surface area (Å²) in [6, 6.07) is 10.6. The van der Waals surface area contributed by atoms with Gasteiger partial charge in [0.1, 0.15) is 12.4 Å². The summed E-state index contributed by atoms with van der Waals surface area (Å²) in [5.74, 6) is -0.259. The van der Waals surface area contributed by atoms with Gasteiger partial charge >= 0.3 is 5.97 Å². The first-order valence-electron chi connectivity index (χ1n) is 7.53. The Balaban J connectivity index is 2.10. The SMILES string of the molecule is CS(=O)(=O)Nc1cccc(COc2c(Br)cc(CCC(=O)O)cc2Br)c1. The molecule has 0 spiro atoms. The topological polar surface area (TPSA) is 92.7 Å². The van der Waals surface area contributed by atoms with Gasteiger partial charge in [0.2, 0.25) is 10.0 Å². The lowest BCUT2D eigenvalue weighted by Crippen LogP contribution is -2.09. The lowest BCUT2D eigenvalue weighted by molar-refractivity contribution is -0.136. The van der Waals surface area contributed by atoms with Crippen LogP contribution in [0.2, 0.25) is 0 Å². The van der Waals surface area contributed by atoms with Crippen LogP contribution in [0.5, 0.6) is 5.75 Å². The first-order valence-corrected chi connectivity index (χ1v) is 11.0. The van der Waals surface area contributed by atoms with Crippen molar-refractivity contribution in [3.8, 4) is 5.75 Å². The second kappa shape index (κ2) is 8.88. The number of sulfonamides is 1. The Hall–Kier alpha value is -1.58. The smallest absolute Gasteiger partial charge is 0.303 e. The number of carboxylic acid groups (broad SMARTS) is 1. The predicted octanol–water partition coefficient (Wildman–Crippen LogP) is 4.18. The number of carboxylic acids is 1. The van der Waals surface area contributed by atoms with Crippen molar-refractivity contribution in [1.29, 1.82) is 0 Å². The van der Waals surface area contributed by atoms with Gasteiger partial charge in [-0.1, -0.05) is 12.1 Å². The van der Waals surface area contributed by atoms with E-state index < -0.39 is 16.0 Å². The third kappa shape index (κ3) is 6.62. The van der Waals surface area contributed by atoms with Gasteiger partial charge in [-0.2, -0.15) is 0 Å². The van der Waals surface area contributed by atoms with E-state index in [0.29, 0.717) is 26.8 Å². The highest BCUT2D eigenvalue weighted by Crippen LogP contribution is 2.35. The number of benzene rings is 2. The maximum atomic E-state index is 11.3. The molecular formula is C17H17Br2NO5S. The number of nitrogens with one attached hydrogen (secondary N) is 1. The number of carbonyl (C=O) groups is 1. The molecule has 0 radical (unpaired) electrons. The molecule has 2 N–H and O–H groups in total. The molecule has 0 aliphatic heterocycles. The van der Waals surface area contributed by atoms with Crippen molar-refractivity contribution in [2.45, 2.75) is 19.4 Å². The zero-order valence-electron chi connectivity index (χ0n) is 13.8. The third-order valence-electron chi connectivity index (χ3n) is 3.30. The summed E-state index contributed by atoms with van der Waals surface area (Å²) in [6.45, 7) is 0.241. The van der Waals surface area contributed by atoms with Crippen LogP contribution in [0.3, 0.4) is 0 Å². The average molecular weight is 507 g/mol. The normalized spacial score (nSPS) is 11.2. The standard InChI is InChI=1S/C17H17Br2NO5S/c1-26(23,24)20-13-4-2-3-12(7-13)10-25-17-14(18)8-11(9-15(17)19)5-6-16(21)22/h2-4,7-9,20H,5-6,10H2,1H3,(H,21,22). The molecule has 6 nitrogen and oxygen atoms in total. The molecule has 26 heavy (non-hydrogen) atoms. The molecule has 0 amide bonds. The number of aliphatic carboxylic acids is 1. The zero-order chi connectivity index (χ0) is 19.3. The number of hydrogen-bond acceptors (Lipinski definition) is 4. The van der Waals surface area contributed by atoms with E-state index in [4.69, 9.17) is 9.84 Å². The van der Waals surface area contributed by atoms with Crippen LogP contribution in [0.1, 0.15) is 17.5 Å². The third-order valence-corrected chi connectivity index (χ3v) is 5.08. The maximum absolute atomic E-state index is 11.3. The highest BCUT2D eigenvalue weighted by atomic mass is 79.9. The molecule has 140 valence electrons. The Bertz CT molecular complexity index is 892. The second-order valence-electron chi connectivity index (χ2n) is 5.65. The molecular weight excluding hydrogens is 490 g/mol. The van der Waals surface area contributed by atoms with Gasteiger partial charge in [-0.3, -0.25) is 9.52 Å². The van der Waals surface area contributed by atoms with E-state index in [1.54, 1.807) is 18.2 Å². The summed E-state index contributed by atoms with van der Waals surface area (Å²) < 4.78 is 32.3. The van der Waals surface area contributed by atoms with Crippen LogP contribution in [-0.2, 0) is 27.8 Å².